The molecule has 2 atom stereocenters. The molecule has 0 spiro atoms. The van der Waals surface area contributed by atoms with Gasteiger partial charge in [0, 0.05) is 18.7 Å². The Hall–Kier alpha value is -2.91. The first kappa shape index (κ1) is 21.0. The molecule has 2 aromatic heterocycles. The minimum Gasteiger partial charge on any atom is -0.446 e. The molecule has 3 aromatic rings. The topological polar surface area (TPSA) is 119 Å². The van der Waals surface area contributed by atoms with E-state index in [4.69, 9.17) is 21.8 Å². The van der Waals surface area contributed by atoms with E-state index in [1.807, 2.05) is 0 Å². The van der Waals surface area contributed by atoms with Crippen LogP contribution < -0.4 is 11.1 Å². The van der Waals surface area contributed by atoms with Gasteiger partial charge in [0.15, 0.2) is 0 Å². The van der Waals surface area contributed by atoms with E-state index in [0.29, 0.717) is 35.7 Å². The van der Waals surface area contributed by atoms with Gasteiger partial charge in [-0.1, -0.05) is 11.6 Å². The van der Waals surface area contributed by atoms with Gasteiger partial charge in [-0.3, -0.25) is 9.48 Å². The van der Waals surface area contributed by atoms with Crippen LogP contribution in [0, 0.1) is 17.7 Å². The summed E-state index contributed by atoms with van der Waals surface area (Å²) in [6.45, 7) is 0. The van der Waals surface area contributed by atoms with E-state index in [1.165, 1.54) is 29.1 Å². The van der Waals surface area contributed by atoms with E-state index in [-0.39, 0.29) is 28.6 Å². The van der Waals surface area contributed by atoms with Crippen LogP contribution in [0.15, 0.2) is 35.1 Å². The average molecular weight is 460 g/mol. The Morgan fingerprint density at radius 3 is 2.72 bits per heavy atom. The lowest BCUT2D eigenvalue weighted by Crippen LogP contribution is -2.23. The first-order valence-corrected chi connectivity index (χ1v) is 10.8. The van der Waals surface area contributed by atoms with Crippen molar-refractivity contribution < 1.29 is 18.7 Å². The lowest BCUT2D eigenvalue weighted by Gasteiger charge is -2.21. The normalized spacial score (nSPS) is 26.9. The molecule has 2 aliphatic carbocycles. The number of fused-ring (bicyclic) bond motifs is 1. The van der Waals surface area contributed by atoms with Crippen molar-refractivity contribution in [1.29, 1.82) is 0 Å². The van der Waals surface area contributed by atoms with E-state index in [9.17, 15) is 14.3 Å². The molecule has 2 heterocycles. The van der Waals surface area contributed by atoms with Gasteiger partial charge in [0.05, 0.1) is 16.9 Å². The summed E-state index contributed by atoms with van der Waals surface area (Å²) in [5.74, 6) is 0.233. The highest BCUT2D eigenvalue weighted by Gasteiger charge is 2.52. The van der Waals surface area contributed by atoms with Crippen LogP contribution in [-0.4, -0.2) is 25.8 Å². The van der Waals surface area contributed by atoms with Crippen molar-refractivity contribution in [3.63, 3.8) is 0 Å². The summed E-state index contributed by atoms with van der Waals surface area (Å²) in [6.07, 6.45) is 5.71. The van der Waals surface area contributed by atoms with Crippen molar-refractivity contribution in [2.45, 2.75) is 37.2 Å². The maximum absolute atomic E-state index is 13.4. The number of oxazole rings is 1. The van der Waals surface area contributed by atoms with E-state index in [2.05, 4.69) is 15.4 Å². The van der Waals surface area contributed by atoms with Crippen molar-refractivity contribution in [2.75, 3.05) is 11.1 Å². The molecule has 0 saturated heterocycles. The smallest absolute Gasteiger partial charge is 0.261 e. The fraction of sp³-hybridized carbons (Fsp3) is 0.409. The van der Waals surface area contributed by atoms with Crippen molar-refractivity contribution >= 4 is 29.0 Å². The number of hydrogen-bond acceptors (Lipinski definition) is 6. The molecule has 4 N–H and O–H groups in total. The molecule has 2 unspecified atom stereocenters. The monoisotopic (exact) mass is 459 g/mol. The second-order valence-electron chi connectivity index (χ2n) is 8.82. The zero-order valence-corrected chi connectivity index (χ0v) is 18.1. The molecule has 168 valence electrons. The highest BCUT2D eigenvalue weighted by Crippen LogP contribution is 2.56. The zero-order chi connectivity index (χ0) is 22.6. The van der Waals surface area contributed by atoms with Gasteiger partial charge in [0.1, 0.15) is 29.1 Å². The minimum atomic E-state index is -1.05. The Balaban J connectivity index is 1.36. The van der Waals surface area contributed by atoms with Gasteiger partial charge in [0.25, 0.3) is 5.91 Å². The molecule has 0 bridgehead atoms. The summed E-state index contributed by atoms with van der Waals surface area (Å²) in [4.78, 5) is 17.2. The van der Waals surface area contributed by atoms with Crippen LogP contribution in [-0.2, 0) is 12.6 Å². The fourth-order valence-corrected chi connectivity index (χ4v) is 5.54. The number of anilines is 2. The molecular formula is C22H23ClFN5O3. The van der Waals surface area contributed by atoms with Crippen LogP contribution in [0.5, 0.6) is 0 Å². The summed E-state index contributed by atoms with van der Waals surface area (Å²) >= 11 is 5.83. The number of nitrogen functional groups attached to an aromatic ring is 1. The van der Waals surface area contributed by atoms with Gasteiger partial charge < -0.3 is 20.6 Å². The molecule has 8 nitrogen and oxygen atoms in total. The molecule has 5 rings (SSSR count). The number of carbonyl (C=O) groups excluding carboxylic acids is 1. The molecule has 0 radical (unpaired) electrons. The number of aromatic nitrogens is 3. The maximum atomic E-state index is 13.4. The minimum absolute atomic E-state index is 0.0418. The number of hydrogen-bond donors (Lipinski definition) is 3. The standard InChI is InChI=1S/C22H23ClFN5O3/c1-29-19(25)17(20(30)27-14-2-3-16(24)15(23)8-14)18(28-29)11-6-12-9-22(31,10-13(12)7-11)21-26-4-5-32-21/h2-5,8,11-13,31H,6-7,9-10,25H2,1H3,(H,27,30). The number of rotatable bonds is 4. The summed E-state index contributed by atoms with van der Waals surface area (Å²) in [5, 5.41) is 18.2. The number of aliphatic hydroxyl groups is 1. The summed E-state index contributed by atoms with van der Waals surface area (Å²) in [6, 6.07) is 3.98. The number of benzene rings is 1. The number of halogens is 2. The zero-order valence-electron chi connectivity index (χ0n) is 17.4. The molecule has 2 aliphatic rings. The largest absolute Gasteiger partial charge is 0.446 e. The molecular weight excluding hydrogens is 437 g/mol. The van der Waals surface area contributed by atoms with Crippen molar-refractivity contribution in [2.24, 2.45) is 18.9 Å². The van der Waals surface area contributed by atoms with Crippen LogP contribution in [0.3, 0.4) is 0 Å². The van der Waals surface area contributed by atoms with Crippen LogP contribution in [0.4, 0.5) is 15.9 Å². The quantitative estimate of drug-likeness (QED) is 0.545. The summed E-state index contributed by atoms with van der Waals surface area (Å²) < 4.78 is 20.3. The van der Waals surface area contributed by atoms with Crippen molar-refractivity contribution in [1.82, 2.24) is 14.8 Å². The van der Waals surface area contributed by atoms with Gasteiger partial charge in [0.2, 0.25) is 5.89 Å². The second-order valence-corrected chi connectivity index (χ2v) is 9.22. The molecule has 2 saturated carbocycles. The average Bonchev–Trinajstić information content (AvgIpc) is 3.49. The van der Waals surface area contributed by atoms with E-state index < -0.39 is 17.3 Å². The van der Waals surface area contributed by atoms with E-state index in [0.717, 1.165) is 12.8 Å². The Labute approximate surface area is 188 Å². The fourth-order valence-electron chi connectivity index (χ4n) is 5.36. The predicted octanol–water partition coefficient (Wildman–Crippen LogP) is 3.83. The SMILES string of the molecule is Cn1nc(C2CC3CC(O)(c4ncco4)CC3C2)c(C(=O)Nc2ccc(F)c(Cl)c2)c1N. The van der Waals surface area contributed by atoms with Crippen LogP contribution in [0.1, 0.15) is 53.5 Å². The number of aryl methyl sites for hydroxylation is 1. The lowest BCUT2D eigenvalue weighted by atomic mass is 9.91. The van der Waals surface area contributed by atoms with E-state index >= 15 is 0 Å². The molecule has 1 aromatic carbocycles. The second kappa shape index (κ2) is 7.60. The van der Waals surface area contributed by atoms with Crippen molar-refractivity contribution in [3.8, 4) is 0 Å². The lowest BCUT2D eigenvalue weighted by molar-refractivity contribution is 0.00750. The molecule has 0 aliphatic heterocycles. The highest BCUT2D eigenvalue weighted by atomic mass is 35.5. The van der Waals surface area contributed by atoms with Crippen LogP contribution >= 0.6 is 11.6 Å². The number of carbonyl (C=O) groups is 1. The molecule has 2 fully saturated rings. The third kappa shape index (κ3) is 3.45. The Kier molecular flexibility index (Phi) is 4.98. The van der Waals surface area contributed by atoms with Crippen LogP contribution in [0.25, 0.3) is 0 Å². The number of nitrogens with zero attached hydrogens (tertiary/aromatic N) is 3. The Morgan fingerprint density at radius 1 is 1.38 bits per heavy atom. The first-order valence-electron chi connectivity index (χ1n) is 10.5. The molecule has 1 amide bonds. The highest BCUT2D eigenvalue weighted by molar-refractivity contribution is 6.31. The van der Waals surface area contributed by atoms with Gasteiger partial charge >= 0.3 is 0 Å². The van der Waals surface area contributed by atoms with E-state index in [1.54, 1.807) is 13.2 Å². The van der Waals surface area contributed by atoms with Gasteiger partial charge in [-0.05, 0) is 55.7 Å². The Bertz CT molecular complexity index is 1160. The van der Waals surface area contributed by atoms with Gasteiger partial charge in [-0.25, -0.2) is 9.37 Å². The number of nitrogens with one attached hydrogen (secondary N) is 1. The number of amides is 1. The number of nitrogens with two attached hydrogens (primary N) is 1. The Morgan fingerprint density at radius 2 is 2.09 bits per heavy atom. The predicted molar refractivity (Wildman–Crippen MR) is 116 cm³/mol. The summed E-state index contributed by atoms with van der Waals surface area (Å²) in [7, 11) is 1.70. The molecule has 32 heavy (non-hydrogen) atoms. The third-order valence-electron chi connectivity index (χ3n) is 6.78. The third-order valence-corrected chi connectivity index (χ3v) is 7.07. The van der Waals surface area contributed by atoms with Crippen LogP contribution in [0.2, 0.25) is 5.02 Å². The van der Waals surface area contributed by atoms with Crippen molar-refractivity contribution in [3.05, 3.63) is 58.6 Å². The summed E-state index contributed by atoms with van der Waals surface area (Å²) in [5.41, 5.74) is 6.48. The van der Waals surface area contributed by atoms with Gasteiger partial charge in [-0.15, -0.1) is 0 Å². The molecule has 10 heteroatoms. The maximum Gasteiger partial charge on any atom is 0.261 e. The first-order chi connectivity index (χ1) is 15.2. The van der Waals surface area contributed by atoms with Gasteiger partial charge in [-0.2, -0.15) is 5.10 Å².